The number of hydrogen-bond donors (Lipinski definition) is 0. The van der Waals surface area contributed by atoms with Gasteiger partial charge in [-0.25, -0.2) is 0 Å². The Bertz CT molecular complexity index is 710. The third-order valence-corrected chi connectivity index (χ3v) is 4.62. The number of benzene rings is 1. The van der Waals surface area contributed by atoms with Gasteiger partial charge in [0, 0.05) is 44.3 Å². The van der Waals surface area contributed by atoms with Crippen LogP contribution < -0.4 is 4.74 Å². The average molecular weight is 342 g/mol. The molecule has 1 aromatic carbocycles. The first-order valence-electron chi connectivity index (χ1n) is 8.86. The average Bonchev–Trinajstić information content (AvgIpc) is 2.98. The first-order valence-corrected chi connectivity index (χ1v) is 8.86. The molecular formula is C20H26N2O3. The molecule has 1 unspecified atom stereocenters. The minimum atomic E-state index is 0.0543. The molecule has 1 amide bonds. The monoisotopic (exact) mass is 342 g/mol. The number of ether oxygens (including phenoxy) is 2. The van der Waals surface area contributed by atoms with Gasteiger partial charge in [0.15, 0.2) is 0 Å². The van der Waals surface area contributed by atoms with Crippen LogP contribution in [0.2, 0.25) is 0 Å². The fraction of sp³-hybridized carbons (Fsp3) is 0.450. The van der Waals surface area contributed by atoms with Crippen LogP contribution in [0.15, 0.2) is 42.6 Å². The molecule has 0 saturated carbocycles. The molecule has 25 heavy (non-hydrogen) atoms. The fourth-order valence-electron chi connectivity index (χ4n) is 3.37. The van der Waals surface area contributed by atoms with E-state index in [9.17, 15) is 4.79 Å². The summed E-state index contributed by atoms with van der Waals surface area (Å²) in [5, 5.41) is 0. The topological polar surface area (TPSA) is 43.7 Å². The largest absolute Gasteiger partial charge is 0.494 e. The Morgan fingerprint density at radius 2 is 2.12 bits per heavy atom. The highest BCUT2D eigenvalue weighted by Gasteiger charge is 2.25. The van der Waals surface area contributed by atoms with Crippen molar-refractivity contribution in [1.82, 2.24) is 9.47 Å². The molecule has 1 aliphatic heterocycles. The number of aromatic nitrogens is 1. The molecule has 1 aliphatic rings. The third kappa shape index (κ3) is 4.23. The normalized spacial score (nSPS) is 17.0. The molecule has 3 rings (SSSR count). The molecule has 1 aromatic heterocycles. The summed E-state index contributed by atoms with van der Waals surface area (Å²) in [5.74, 6) is 1.17. The van der Waals surface area contributed by atoms with E-state index in [-0.39, 0.29) is 5.91 Å². The van der Waals surface area contributed by atoms with Gasteiger partial charge in [0.25, 0.3) is 5.91 Å². The quantitative estimate of drug-likeness (QED) is 0.810. The molecule has 5 heteroatoms. The number of hydrogen-bond acceptors (Lipinski definition) is 3. The Morgan fingerprint density at radius 1 is 1.24 bits per heavy atom. The molecule has 5 nitrogen and oxygen atoms in total. The van der Waals surface area contributed by atoms with Gasteiger partial charge in [0.1, 0.15) is 5.75 Å². The van der Waals surface area contributed by atoms with Gasteiger partial charge in [-0.15, -0.1) is 0 Å². The molecule has 134 valence electrons. The van der Waals surface area contributed by atoms with Crippen LogP contribution in [-0.2, 0) is 17.8 Å². The SMILES string of the molecule is CCOc1cccc(C(=O)N2Cc3cccn3CC(CCOC)C2)c1. The number of nitrogens with zero attached hydrogens (tertiary/aromatic N) is 2. The van der Waals surface area contributed by atoms with Crippen molar-refractivity contribution in [2.75, 3.05) is 26.9 Å². The van der Waals surface area contributed by atoms with Crippen molar-refractivity contribution in [3.05, 3.63) is 53.9 Å². The summed E-state index contributed by atoms with van der Waals surface area (Å²) in [7, 11) is 1.72. The van der Waals surface area contributed by atoms with Gasteiger partial charge in [0.2, 0.25) is 0 Å². The minimum Gasteiger partial charge on any atom is -0.494 e. The Hall–Kier alpha value is -2.27. The summed E-state index contributed by atoms with van der Waals surface area (Å²) in [6.07, 6.45) is 3.04. The Kier molecular flexibility index (Phi) is 5.76. The zero-order valence-corrected chi connectivity index (χ0v) is 15.0. The second-order valence-corrected chi connectivity index (χ2v) is 6.45. The summed E-state index contributed by atoms with van der Waals surface area (Å²) in [6.45, 7) is 5.54. The van der Waals surface area contributed by atoms with Gasteiger partial charge < -0.3 is 18.9 Å². The lowest BCUT2D eigenvalue weighted by Gasteiger charge is -2.24. The van der Waals surface area contributed by atoms with Gasteiger partial charge in [-0.1, -0.05) is 6.07 Å². The Balaban J connectivity index is 1.81. The van der Waals surface area contributed by atoms with Gasteiger partial charge in [-0.2, -0.15) is 0 Å². The highest BCUT2D eigenvalue weighted by atomic mass is 16.5. The lowest BCUT2D eigenvalue weighted by atomic mass is 10.0. The maximum absolute atomic E-state index is 13.1. The summed E-state index contributed by atoms with van der Waals surface area (Å²) in [5.41, 5.74) is 1.85. The number of carbonyl (C=O) groups excluding carboxylic acids is 1. The molecular weight excluding hydrogens is 316 g/mol. The number of rotatable bonds is 6. The third-order valence-electron chi connectivity index (χ3n) is 4.62. The number of carbonyl (C=O) groups is 1. The standard InChI is InChI=1S/C20H26N2O3/c1-3-25-19-8-4-6-17(12-19)20(23)22-14-16(9-11-24-2)13-21-10-5-7-18(21)15-22/h4-8,10,12,16H,3,9,11,13-15H2,1-2H3. The molecule has 1 atom stereocenters. The molecule has 0 aliphatic carbocycles. The maximum Gasteiger partial charge on any atom is 0.254 e. The van der Waals surface area contributed by atoms with E-state index in [1.165, 1.54) is 5.69 Å². The number of amides is 1. The van der Waals surface area contributed by atoms with E-state index in [2.05, 4.69) is 16.8 Å². The van der Waals surface area contributed by atoms with Crippen LogP contribution in [0.1, 0.15) is 29.4 Å². The summed E-state index contributed by atoms with van der Waals surface area (Å²) >= 11 is 0. The van der Waals surface area contributed by atoms with E-state index < -0.39 is 0 Å². The molecule has 0 N–H and O–H groups in total. The molecule has 2 aromatic rings. The second kappa shape index (κ2) is 8.21. The van der Waals surface area contributed by atoms with Crippen molar-refractivity contribution < 1.29 is 14.3 Å². The van der Waals surface area contributed by atoms with E-state index in [1.807, 2.05) is 42.2 Å². The predicted molar refractivity (Wildman–Crippen MR) is 96.8 cm³/mol. The smallest absolute Gasteiger partial charge is 0.254 e. The highest BCUT2D eigenvalue weighted by molar-refractivity contribution is 5.94. The zero-order chi connectivity index (χ0) is 17.6. The lowest BCUT2D eigenvalue weighted by Crippen LogP contribution is -2.34. The molecule has 0 fully saturated rings. The van der Waals surface area contributed by atoms with Crippen molar-refractivity contribution in [3.8, 4) is 5.75 Å². The van der Waals surface area contributed by atoms with Crippen LogP contribution in [0.25, 0.3) is 0 Å². The molecule has 0 bridgehead atoms. The van der Waals surface area contributed by atoms with Crippen LogP contribution in [0.3, 0.4) is 0 Å². The van der Waals surface area contributed by atoms with Crippen molar-refractivity contribution in [2.24, 2.45) is 5.92 Å². The van der Waals surface area contributed by atoms with E-state index in [0.29, 0.717) is 31.2 Å². The number of methoxy groups -OCH3 is 1. The predicted octanol–water partition coefficient (Wildman–Crippen LogP) is 3.20. The fourth-order valence-corrected chi connectivity index (χ4v) is 3.37. The minimum absolute atomic E-state index is 0.0543. The van der Waals surface area contributed by atoms with Crippen molar-refractivity contribution in [1.29, 1.82) is 0 Å². The van der Waals surface area contributed by atoms with Crippen LogP contribution in [-0.4, -0.2) is 42.2 Å². The molecule has 0 saturated heterocycles. The number of fused-ring (bicyclic) bond motifs is 1. The van der Waals surface area contributed by atoms with Crippen molar-refractivity contribution >= 4 is 5.91 Å². The van der Waals surface area contributed by atoms with Gasteiger partial charge in [0.05, 0.1) is 13.2 Å². The first-order chi connectivity index (χ1) is 12.2. The highest BCUT2D eigenvalue weighted by Crippen LogP contribution is 2.22. The van der Waals surface area contributed by atoms with E-state index >= 15 is 0 Å². The van der Waals surface area contributed by atoms with Crippen LogP contribution in [0, 0.1) is 5.92 Å². The Morgan fingerprint density at radius 3 is 2.92 bits per heavy atom. The van der Waals surface area contributed by atoms with Crippen LogP contribution in [0.4, 0.5) is 0 Å². The summed E-state index contributed by atoms with van der Waals surface area (Å²) in [6, 6.07) is 11.6. The zero-order valence-electron chi connectivity index (χ0n) is 15.0. The van der Waals surface area contributed by atoms with Gasteiger partial charge >= 0.3 is 0 Å². The van der Waals surface area contributed by atoms with E-state index in [0.717, 1.165) is 25.3 Å². The molecule has 0 spiro atoms. The second-order valence-electron chi connectivity index (χ2n) is 6.45. The molecule has 0 radical (unpaired) electrons. The van der Waals surface area contributed by atoms with Crippen LogP contribution in [0.5, 0.6) is 5.75 Å². The van der Waals surface area contributed by atoms with E-state index in [4.69, 9.17) is 9.47 Å². The lowest BCUT2D eigenvalue weighted by molar-refractivity contribution is 0.0705. The van der Waals surface area contributed by atoms with Crippen molar-refractivity contribution in [3.63, 3.8) is 0 Å². The summed E-state index contributed by atoms with van der Waals surface area (Å²) < 4.78 is 13.0. The van der Waals surface area contributed by atoms with Crippen LogP contribution >= 0.6 is 0 Å². The maximum atomic E-state index is 13.1. The van der Waals surface area contributed by atoms with Gasteiger partial charge in [-0.3, -0.25) is 4.79 Å². The van der Waals surface area contributed by atoms with E-state index in [1.54, 1.807) is 7.11 Å². The Labute approximate surface area is 149 Å². The van der Waals surface area contributed by atoms with Gasteiger partial charge in [-0.05, 0) is 49.6 Å². The first kappa shape index (κ1) is 17.5. The summed E-state index contributed by atoms with van der Waals surface area (Å²) in [4.78, 5) is 15.0. The van der Waals surface area contributed by atoms with Crippen molar-refractivity contribution in [2.45, 2.75) is 26.4 Å². The molecule has 2 heterocycles.